The predicted octanol–water partition coefficient (Wildman–Crippen LogP) is 3.24. The minimum absolute atomic E-state index is 0.00813. The number of ether oxygens (including phenoxy) is 1. The SMILES string of the molecule is COc1ccc(N(Cc2cccs2)C(=O)CC2C=CS(=O)(=O)C2)cc1. The zero-order valence-corrected chi connectivity index (χ0v) is 15.4. The van der Waals surface area contributed by atoms with Crippen LogP contribution >= 0.6 is 11.3 Å². The van der Waals surface area contributed by atoms with Crippen LogP contribution in [0.5, 0.6) is 5.75 Å². The first-order chi connectivity index (χ1) is 12.0. The van der Waals surface area contributed by atoms with Gasteiger partial charge in [-0.25, -0.2) is 8.42 Å². The number of thiophene rings is 1. The van der Waals surface area contributed by atoms with Gasteiger partial charge in [-0.2, -0.15) is 0 Å². The van der Waals surface area contributed by atoms with Gasteiger partial charge in [-0.1, -0.05) is 12.1 Å². The van der Waals surface area contributed by atoms with Crippen LogP contribution in [0.2, 0.25) is 0 Å². The number of carbonyl (C=O) groups is 1. The van der Waals surface area contributed by atoms with Gasteiger partial charge in [0.15, 0.2) is 9.84 Å². The first kappa shape index (κ1) is 17.7. The van der Waals surface area contributed by atoms with Gasteiger partial charge in [-0.05, 0) is 35.7 Å². The largest absolute Gasteiger partial charge is 0.497 e. The third kappa shape index (κ3) is 4.49. The predicted molar refractivity (Wildman–Crippen MR) is 99.5 cm³/mol. The molecule has 132 valence electrons. The summed E-state index contributed by atoms with van der Waals surface area (Å²) in [6.45, 7) is 0.464. The topological polar surface area (TPSA) is 63.7 Å². The number of hydrogen-bond acceptors (Lipinski definition) is 5. The maximum absolute atomic E-state index is 12.9. The highest BCUT2D eigenvalue weighted by Crippen LogP contribution is 2.26. The Morgan fingerprint density at radius 2 is 2.04 bits per heavy atom. The van der Waals surface area contributed by atoms with Crippen molar-refractivity contribution in [3.63, 3.8) is 0 Å². The standard InChI is InChI=1S/C18H19NO4S2/c1-23-16-6-4-15(5-7-16)19(12-17-3-2-9-24-17)18(20)11-14-8-10-25(21,22)13-14/h2-10,14H,11-13H2,1H3. The van der Waals surface area contributed by atoms with E-state index in [4.69, 9.17) is 4.74 Å². The number of amides is 1. The fraction of sp³-hybridized carbons (Fsp3) is 0.278. The van der Waals surface area contributed by atoms with Crippen molar-refractivity contribution in [2.45, 2.75) is 13.0 Å². The van der Waals surface area contributed by atoms with Gasteiger partial charge < -0.3 is 9.64 Å². The lowest BCUT2D eigenvalue weighted by Crippen LogP contribution is -2.31. The Kier molecular flexibility index (Phi) is 5.24. The molecular weight excluding hydrogens is 358 g/mol. The fourth-order valence-electron chi connectivity index (χ4n) is 2.75. The van der Waals surface area contributed by atoms with Crippen molar-refractivity contribution in [1.82, 2.24) is 0 Å². The van der Waals surface area contributed by atoms with Gasteiger partial charge in [-0.15, -0.1) is 11.3 Å². The van der Waals surface area contributed by atoms with Gasteiger partial charge in [0.05, 0.1) is 19.4 Å². The molecule has 1 amide bonds. The number of allylic oxidation sites excluding steroid dienone is 1. The number of carbonyl (C=O) groups excluding carboxylic acids is 1. The number of sulfone groups is 1. The normalized spacial score (nSPS) is 18.2. The molecule has 0 saturated heterocycles. The van der Waals surface area contributed by atoms with Gasteiger partial charge in [0.2, 0.25) is 5.91 Å². The van der Waals surface area contributed by atoms with Gasteiger partial charge in [0.25, 0.3) is 0 Å². The molecule has 0 saturated carbocycles. The van der Waals surface area contributed by atoms with E-state index < -0.39 is 9.84 Å². The van der Waals surface area contributed by atoms with E-state index >= 15 is 0 Å². The molecule has 0 N–H and O–H groups in total. The van der Waals surface area contributed by atoms with E-state index in [2.05, 4.69) is 0 Å². The molecule has 2 aromatic rings. The molecule has 0 fully saturated rings. The van der Waals surface area contributed by atoms with E-state index in [0.29, 0.717) is 6.54 Å². The molecule has 2 heterocycles. The van der Waals surface area contributed by atoms with Gasteiger partial charge >= 0.3 is 0 Å². The van der Waals surface area contributed by atoms with Crippen molar-refractivity contribution in [2.75, 3.05) is 17.8 Å². The first-order valence-electron chi connectivity index (χ1n) is 7.84. The van der Waals surface area contributed by atoms with Crippen LogP contribution in [0.4, 0.5) is 5.69 Å². The Hall–Kier alpha value is -2.12. The molecule has 3 rings (SSSR count). The Morgan fingerprint density at radius 1 is 1.28 bits per heavy atom. The first-order valence-corrected chi connectivity index (χ1v) is 10.4. The minimum Gasteiger partial charge on any atom is -0.497 e. The quantitative estimate of drug-likeness (QED) is 0.775. The van der Waals surface area contributed by atoms with E-state index in [1.165, 1.54) is 5.41 Å². The Labute approximate surface area is 151 Å². The summed E-state index contributed by atoms with van der Waals surface area (Å²) in [6.07, 6.45) is 1.79. The molecule has 1 atom stereocenters. The summed E-state index contributed by atoms with van der Waals surface area (Å²) in [4.78, 5) is 15.6. The lowest BCUT2D eigenvalue weighted by molar-refractivity contribution is -0.119. The Morgan fingerprint density at radius 3 is 2.60 bits per heavy atom. The van der Waals surface area contributed by atoms with Crippen molar-refractivity contribution in [3.05, 3.63) is 58.1 Å². The molecule has 7 heteroatoms. The Balaban J connectivity index is 1.79. The van der Waals surface area contributed by atoms with Gasteiger partial charge in [0, 0.05) is 28.3 Å². The van der Waals surface area contributed by atoms with Crippen LogP contribution in [0.25, 0.3) is 0 Å². The third-order valence-electron chi connectivity index (χ3n) is 4.02. The lowest BCUT2D eigenvalue weighted by Gasteiger charge is -2.23. The molecular formula is C18H19NO4S2. The maximum atomic E-state index is 12.9. The van der Waals surface area contributed by atoms with Crippen LogP contribution in [-0.4, -0.2) is 27.2 Å². The van der Waals surface area contributed by atoms with Crippen LogP contribution in [0.3, 0.4) is 0 Å². The van der Waals surface area contributed by atoms with Crippen molar-refractivity contribution in [1.29, 1.82) is 0 Å². The van der Waals surface area contributed by atoms with E-state index in [1.54, 1.807) is 29.4 Å². The second-order valence-corrected chi connectivity index (χ2v) is 8.84. The summed E-state index contributed by atoms with van der Waals surface area (Å²) in [5.41, 5.74) is 0.768. The Bertz CT molecular complexity index is 855. The molecule has 1 aliphatic heterocycles. The molecule has 0 aliphatic carbocycles. The fourth-order valence-corrected chi connectivity index (χ4v) is 4.84. The van der Waals surface area contributed by atoms with E-state index in [-0.39, 0.29) is 24.0 Å². The summed E-state index contributed by atoms with van der Waals surface area (Å²) < 4.78 is 28.3. The van der Waals surface area contributed by atoms with Crippen LogP contribution in [0, 0.1) is 5.92 Å². The monoisotopic (exact) mass is 377 g/mol. The molecule has 0 bridgehead atoms. The van der Waals surface area contributed by atoms with Gasteiger partial charge in [-0.3, -0.25) is 4.79 Å². The second-order valence-electron chi connectivity index (χ2n) is 5.88. The van der Waals surface area contributed by atoms with E-state index in [0.717, 1.165) is 16.3 Å². The number of rotatable bonds is 6. The summed E-state index contributed by atoms with van der Waals surface area (Å²) in [7, 11) is -1.56. The second kappa shape index (κ2) is 7.41. The molecule has 1 aliphatic rings. The average Bonchev–Trinajstić information content (AvgIpc) is 3.22. The van der Waals surface area contributed by atoms with E-state index in [1.807, 2.05) is 41.8 Å². The van der Waals surface area contributed by atoms with E-state index in [9.17, 15) is 13.2 Å². The minimum atomic E-state index is -3.16. The number of hydrogen-bond donors (Lipinski definition) is 0. The van der Waals surface area contributed by atoms with Crippen molar-refractivity contribution < 1.29 is 17.9 Å². The van der Waals surface area contributed by atoms with Crippen LogP contribution in [0.15, 0.2) is 53.3 Å². The van der Waals surface area contributed by atoms with Crippen LogP contribution in [0.1, 0.15) is 11.3 Å². The van der Waals surface area contributed by atoms with Gasteiger partial charge in [0.1, 0.15) is 5.75 Å². The molecule has 1 unspecified atom stereocenters. The number of anilines is 1. The third-order valence-corrected chi connectivity index (χ3v) is 6.35. The zero-order valence-electron chi connectivity index (χ0n) is 13.8. The summed E-state index contributed by atoms with van der Waals surface area (Å²) >= 11 is 1.59. The summed E-state index contributed by atoms with van der Waals surface area (Å²) in [5, 5.41) is 3.18. The number of methoxy groups -OCH3 is 1. The van der Waals surface area contributed by atoms with Crippen LogP contribution < -0.4 is 9.64 Å². The smallest absolute Gasteiger partial charge is 0.227 e. The highest BCUT2D eigenvalue weighted by molar-refractivity contribution is 7.94. The molecule has 1 aromatic carbocycles. The highest BCUT2D eigenvalue weighted by Gasteiger charge is 2.26. The van der Waals surface area contributed by atoms with Crippen molar-refractivity contribution in [2.24, 2.45) is 5.92 Å². The molecule has 5 nitrogen and oxygen atoms in total. The number of nitrogens with zero attached hydrogens (tertiary/aromatic N) is 1. The highest BCUT2D eigenvalue weighted by atomic mass is 32.2. The zero-order chi connectivity index (χ0) is 17.9. The molecule has 0 spiro atoms. The van der Waals surface area contributed by atoms with Crippen LogP contribution in [-0.2, 0) is 21.2 Å². The maximum Gasteiger partial charge on any atom is 0.227 e. The lowest BCUT2D eigenvalue weighted by atomic mass is 10.1. The molecule has 0 radical (unpaired) electrons. The summed E-state index contributed by atoms with van der Waals surface area (Å²) in [6, 6.07) is 11.2. The molecule has 1 aromatic heterocycles. The number of benzene rings is 1. The molecule has 25 heavy (non-hydrogen) atoms. The summed E-state index contributed by atoms with van der Waals surface area (Å²) in [5.74, 6) is 0.373. The van der Waals surface area contributed by atoms with Crippen molar-refractivity contribution in [3.8, 4) is 5.75 Å². The van der Waals surface area contributed by atoms with Crippen molar-refractivity contribution >= 4 is 32.8 Å². The average molecular weight is 377 g/mol.